The highest BCUT2D eigenvalue weighted by molar-refractivity contribution is 6.32. The maximum Gasteiger partial charge on any atom is 0.354 e. The molecule has 0 amide bonds. The van der Waals surface area contributed by atoms with Gasteiger partial charge in [-0.3, -0.25) is 18.7 Å². The largest absolute Gasteiger partial charge is 0.489 e. The molecule has 360 valence electrons. The van der Waals surface area contributed by atoms with E-state index in [1.165, 1.54) is 9.13 Å². The van der Waals surface area contributed by atoms with Crippen LogP contribution in [0.3, 0.4) is 0 Å². The summed E-state index contributed by atoms with van der Waals surface area (Å²) in [6, 6.07) is 25.3. The molecule has 0 bridgehead atoms. The Morgan fingerprint density at radius 2 is 1.01 bits per heavy atom. The number of hydrogen-bond acceptors (Lipinski definition) is 13. The number of carboxylic acids is 1. The zero-order valence-electron chi connectivity index (χ0n) is 38.7. The van der Waals surface area contributed by atoms with Crippen LogP contribution in [0.1, 0.15) is 69.7 Å². The molecule has 0 saturated carbocycles. The quantitative estimate of drug-likeness (QED) is 0.0678. The summed E-state index contributed by atoms with van der Waals surface area (Å²) < 4.78 is 20.6. The topological polar surface area (TPSA) is 220 Å². The third-order valence-corrected chi connectivity index (χ3v) is 10.3. The van der Waals surface area contributed by atoms with Gasteiger partial charge in [0.2, 0.25) is 11.9 Å². The van der Waals surface area contributed by atoms with Gasteiger partial charge in [-0.1, -0.05) is 82.9 Å². The van der Waals surface area contributed by atoms with E-state index in [-0.39, 0.29) is 69.7 Å². The van der Waals surface area contributed by atoms with Crippen LogP contribution in [-0.2, 0) is 40.5 Å². The van der Waals surface area contributed by atoms with E-state index in [1.807, 2.05) is 90.1 Å². The normalized spacial score (nSPS) is 10.9. The Hall–Kier alpha value is -7.18. The zero-order valence-corrected chi connectivity index (χ0v) is 40.3. The number of rotatable bonds is 19. The predicted molar refractivity (Wildman–Crippen MR) is 261 cm³/mol. The van der Waals surface area contributed by atoms with Crippen molar-refractivity contribution in [1.29, 1.82) is 0 Å². The fourth-order valence-electron chi connectivity index (χ4n) is 6.43. The van der Waals surface area contributed by atoms with Gasteiger partial charge in [-0.05, 0) is 96.0 Å². The monoisotopic (exact) mass is 972 g/mol. The van der Waals surface area contributed by atoms with Crippen LogP contribution in [0, 0.1) is 13.8 Å². The van der Waals surface area contributed by atoms with E-state index < -0.39 is 34.7 Å². The summed E-state index contributed by atoms with van der Waals surface area (Å²) in [6.07, 6.45) is -0.591. The Bertz CT molecular complexity index is 2970. The number of aliphatic carboxylic acids is 1. The number of aromatic nitrogens is 6. The number of nitrogens with one attached hydrogen (secondary N) is 2. The van der Waals surface area contributed by atoms with E-state index in [0.29, 0.717) is 32.9 Å². The Kier molecular flexibility index (Phi) is 18.3. The number of ether oxygens (including phenoxy) is 3. The van der Waals surface area contributed by atoms with E-state index in [2.05, 4.69) is 20.6 Å². The number of nitrogens with zero attached hydrogens (tertiary/aromatic N) is 6. The number of hydrogen-bond donors (Lipinski definition) is 3. The molecule has 0 saturated heterocycles. The van der Waals surface area contributed by atoms with Gasteiger partial charge in [0.15, 0.2) is 0 Å². The SMILES string of the molecule is CCOC(=O)CCn1c(=O)nc(Nc2ccc(OC(C)C)c(Cl)c2)n(Cc2ccc(C)cc2)c1=O.Cc1ccc(Cn2c(Nc3ccc(OC(C)C)c(Cl)c3)nc(=O)n(CCC(=O)O)c2=O)cc1. The number of carbonyl (C=O) groups excluding carboxylic acids is 1. The molecule has 0 spiro atoms. The number of halogens is 2. The summed E-state index contributed by atoms with van der Waals surface area (Å²) in [5.74, 6) is -0.512. The van der Waals surface area contributed by atoms with Gasteiger partial charge in [0, 0.05) is 24.5 Å². The van der Waals surface area contributed by atoms with Crippen LogP contribution in [0.25, 0.3) is 0 Å². The van der Waals surface area contributed by atoms with Gasteiger partial charge < -0.3 is 30.0 Å². The third-order valence-electron chi connectivity index (χ3n) is 9.72. The maximum absolute atomic E-state index is 13.3. The van der Waals surface area contributed by atoms with Gasteiger partial charge in [-0.2, -0.15) is 9.97 Å². The lowest BCUT2D eigenvalue weighted by Crippen LogP contribution is -2.43. The van der Waals surface area contributed by atoms with Crippen LogP contribution in [0.4, 0.5) is 23.3 Å². The molecule has 0 atom stereocenters. The lowest BCUT2D eigenvalue weighted by Gasteiger charge is -2.17. The number of carboxylic acid groups (broad SMARTS) is 1. The highest BCUT2D eigenvalue weighted by Gasteiger charge is 2.18. The molecular formula is C48H54Cl2N8O10. The molecule has 6 rings (SSSR count). The van der Waals surface area contributed by atoms with Crippen LogP contribution in [-0.4, -0.2) is 64.1 Å². The van der Waals surface area contributed by atoms with Crippen molar-refractivity contribution in [2.24, 2.45) is 0 Å². The third kappa shape index (κ3) is 14.7. The van der Waals surface area contributed by atoms with E-state index in [1.54, 1.807) is 43.3 Å². The van der Waals surface area contributed by atoms with Crippen molar-refractivity contribution in [2.75, 3.05) is 17.2 Å². The van der Waals surface area contributed by atoms with Crippen LogP contribution in [0.5, 0.6) is 11.5 Å². The summed E-state index contributed by atoms with van der Waals surface area (Å²) in [7, 11) is 0. The van der Waals surface area contributed by atoms with E-state index in [0.717, 1.165) is 31.4 Å². The smallest absolute Gasteiger partial charge is 0.354 e. The molecule has 0 aliphatic heterocycles. The second kappa shape index (κ2) is 24.0. The second-order valence-electron chi connectivity index (χ2n) is 16.0. The number of benzene rings is 4. The van der Waals surface area contributed by atoms with E-state index in [9.17, 15) is 28.8 Å². The average molecular weight is 974 g/mol. The van der Waals surface area contributed by atoms with Crippen molar-refractivity contribution >= 4 is 58.4 Å². The van der Waals surface area contributed by atoms with Crippen molar-refractivity contribution in [3.63, 3.8) is 0 Å². The lowest BCUT2D eigenvalue weighted by atomic mass is 10.1. The van der Waals surface area contributed by atoms with Crippen molar-refractivity contribution in [2.45, 2.75) is 99.7 Å². The molecule has 2 heterocycles. The molecule has 20 heteroatoms. The highest BCUT2D eigenvalue weighted by atomic mass is 35.5. The molecule has 0 fully saturated rings. The molecule has 68 heavy (non-hydrogen) atoms. The Labute approximate surface area is 401 Å². The van der Waals surface area contributed by atoms with E-state index >= 15 is 0 Å². The minimum Gasteiger partial charge on any atom is -0.489 e. The van der Waals surface area contributed by atoms with Gasteiger partial charge in [-0.25, -0.2) is 28.3 Å². The first-order valence-corrected chi connectivity index (χ1v) is 22.5. The minimum absolute atomic E-state index is 0.0192. The zero-order chi connectivity index (χ0) is 49.7. The van der Waals surface area contributed by atoms with Crippen molar-refractivity contribution in [3.05, 3.63) is 159 Å². The molecule has 0 aliphatic carbocycles. The summed E-state index contributed by atoms with van der Waals surface area (Å²) in [6.45, 7) is 13.3. The average Bonchev–Trinajstić information content (AvgIpc) is 3.26. The van der Waals surface area contributed by atoms with E-state index in [4.69, 9.17) is 42.5 Å². The van der Waals surface area contributed by atoms with Crippen molar-refractivity contribution < 1.29 is 28.9 Å². The Morgan fingerprint density at radius 1 is 0.618 bits per heavy atom. The molecule has 4 aromatic carbocycles. The second-order valence-corrected chi connectivity index (χ2v) is 16.8. The fourth-order valence-corrected chi connectivity index (χ4v) is 6.88. The lowest BCUT2D eigenvalue weighted by molar-refractivity contribution is -0.143. The van der Waals surface area contributed by atoms with Gasteiger partial charge in [0.1, 0.15) is 11.5 Å². The predicted octanol–water partition coefficient (Wildman–Crippen LogP) is 7.32. The van der Waals surface area contributed by atoms with Gasteiger partial charge in [0.25, 0.3) is 0 Å². The molecule has 6 aromatic rings. The Morgan fingerprint density at radius 3 is 1.37 bits per heavy atom. The van der Waals surface area contributed by atoms with Crippen LogP contribution >= 0.6 is 23.2 Å². The van der Waals surface area contributed by atoms with Crippen molar-refractivity contribution in [1.82, 2.24) is 28.2 Å². The standard InChI is InChI=1S/C25H29ClN4O5.C23H25ClN4O5/c1-5-34-22(31)12-13-29-24(32)28-23(27-19-10-11-21(20(26)14-19)35-16(2)3)30(25(29)33)15-18-8-6-17(4)7-9-18;1-14(2)33-19-9-8-17(12-18(19)24)25-21-26-22(31)27(11-10-20(29)30)23(32)28(21)13-16-6-4-15(3)5-7-16/h6-11,14,16H,5,12-13,15H2,1-4H3,(H,27,28,32);4-9,12,14H,10-11,13H2,1-3H3,(H,29,30)(H,25,26,31). The van der Waals surface area contributed by atoms with Gasteiger partial charge in [-0.15, -0.1) is 0 Å². The summed E-state index contributed by atoms with van der Waals surface area (Å²) in [5, 5.41) is 15.7. The minimum atomic E-state index is -1.12. The van der Waals surface area contributed by atoms with Gasteiger partial charge >= 0.3 is 34.7 Å². The molecule has 0 unspecified atom stereocenters. The molecular weight excluding hydrogens is 919 g/mol. The van der Waals surface area contributed by atoms with Crippen LogP contribution in [0.2, 0.25) is 10.0 Å². The van der Waals surface area contributed by atoms with Crippen LogP contribution < -0.4 is 42.9 Å². The maximum atomic E-state index is 13.3. The van der Waals surface area contributed by atoms with Crippen molar-refractivity contribution in [3.8, 4) is 11.5 Å². The number of aryl methyl sites for hydroxylation is 2. The number of esters is 1. The summed E-state index contributed by atoms with van der Waals surface area (Å²) >= 11 is 12.7. The highest BCUT2D eigenvalue weighted by Crippen LogP contribution is 2.31. The number of carbonyl (C=O) groups is 2. The summed E-state index contributed by atoms with van der Waals surface area (Å²) in [5.41, 5.74) is 1.97. The molecule has 3 N–H and O–H groups in total. The molecule has 18 nitrogen and oxygen atoms in total. The number of anilines is 4. The molecule has 2 aromatic heterocycles. The first-order chi connectivity index (χ1) is 32.3. The Balaban J connectivity index is 0.000000255. The van der Waals surface area contributed by atoms with Gasteiger partial charge in [0.05, 0.1) is 54.8 Å². The van der Waals surface area contributed by atoms with Crippen LogP contribution in [0.15, 0.2) is 104 Å². The molecule has 0 radical (unpaired) electrons. The fraction of sp³-hybridized carbons (Fsp3) is 0.333. The summed E-state index contributed by atoms with van der Waals surface area (Å²) in [4.78, 5) is 82.5. The first kappa shape index (κ1) is 51.8. The molecule has 0 aliphatic rings. The first-order valence-electron chi connectivity index (χ1n) is 21.7.